The predicted molar refractivity (Wildman–Crippen MR) is 61.8 cm³/mol. The molecule has 1 atom stereocenters. The number of hydrogen-bond acceptors (Lipinski definition) is 6. The van der Waals surface area contributed by atoms with Gasteiger partial charge >= 0.3 is 0 Å². The highest BCUT2D eigenvalue weighted by molar-refractivity contribution is 6.05. The molecule has 2 heterocycles. The van der Waals surface area contributed by atoms with Gasteiger partial charge in [-0.2, -0.15) is 4.99 Å². The Morgan fingerprint density at radius 2 is 2.31 bits per heavy atom. The van der Waals surface area contributed by atoms with E-state index in [4.69, 9.17) is 11.5 Å². The molecule has 2 rings (SSSR count). The first-order valence-corrected chi connectivity index (χ1v) is 5.08. The summed E-state index contributed by atoms with van der Waals surface area (Å²) in [6, 6.07) is 0. The van der Waals surface area contributed by atoms with Crippen molar-refractivity contribution in [1.82, 2.24) is 14.9 Å². The van der Waals surface area contributed by atoms with Gasteiger partial charge < -0.3 is 15.6 Å². The third-order valence-corrected chi connectivity index (χ3v) is 2.37. The number of aromatic amines is 1. The van der Waals surface area contributed by atoms with Crippen LogP contribution >= 0.6 is 0 Å². The van der Waals surface area contributed by atoms with Crippen molar-refractivity contribution in [3.63, 3.8) is 0 Å². The van der Waals surface area contributed by atoms with Gasteiger partial charge in [0.15, 0.2) is 12.1 Å². The third-order valence-electron chi connectivity index (χ3n) is 2.37. The van der Waals surface area contributed by atoms with Gasteiger partial charge in [-0.1, -0.05) is 0 Å². The maximum atomic E-state index is 5.86. The van der Waals surface area contributed by atoms with E-state index in [1.54, 1.807) is 11.1 Å². The Morgan fingerprint density at radius 3 is 2.81 bits per heavy atom. The number of amidine groups is 1. The summed E-state index contributed by atoms with van der Waals surface area (Å²) in [5.41, 5.74) is 12.4. The summed E-state index contributed by atoms with van der Waals surface area (Å²) in [5, 5.41) is 0. The van der Waals surface area contributed by atoms with E-state index in [-0.39, 0.29) is 0 Å². The highest BCUT2D eigenvalue weighted by Gasteiger charge is 2.21. The van der Waals surface area contributed by atoms with Crippen LogP contribution in [0, 0.1) is 6.92 Å². The second kappa shape index (κ2) is 3.93. The van der Waals surface area contributed by atoms with Crippen LogP contribution in [-0.4, -0.2) is 39.5 Å². The second-order valence-corrected chi connectivity index (χ2v) is 3.50. The quantitative estimate of drug-likeness (QED) is 0.617. The minimum absolute atomic E-state index is 0.382. The van der Waals surface area contributed by atoms with Crippen LogP contribution in [0.4, 0.5) is 0 Å². The number of H-pyrrole nitrogens is 1. The van der Waals surface area contributed by atoms with Crippen LogP contribution in [0.15, 0.2) is 16.2 Å². The van der Waals surface area contributed by atoms with Gasteiger partial charge in [0.2, 0.25) is 5.96 Å². The summed E-state index contributed by atoms with van der Waals surface area (Å²) in [7, 11) is 0. The Labute approximate surface area is 93.3 Å². The Morgan fingerprint density at radius 1 is 1.56 bits per heavy atom. The molecule has 16 heavy (non-hydrogen) atoms. The summed E-state index contributed by atoms with van der Waals surface area (Å²) in [4.78, 5) is 17.3. The molecule has 7 heteroatoms. The highest BCUT2D eigenvalue weighted by atomic mass is 15.4. The number of imidazole rings is 1. The van der Waals surface area contributed by atoms with Gasteiger partial charge in [0, 0.05) is 6.54 Å². The van der Waals surface area contributed by atoms with Crippen LogP contribution in [0.25, 0.3) is 0 Å². The third kappa shape index (κ3) is 1.76. The molecule has 0 fully saturated rings. The van der Waals surface area contributed by atoms with E-state index in [1.165, 1.54) is 0 Å². The van der Waals surface area contributed by atoms with Gasteiger partial charge in [0.25, 0.3) is 0 Å². The fraction of sp³-hybridized carbons (Fsp3) is 0.444. The lowest BCUT2D eigenvalue weighted by molar-refractivity contribution is 0.333. The Bertz CT molecular complexity index is 444. The maximum absolute atomic E-state index is 5.86. The molecular formula is C9H15N7. The summed E-state index contributed by atoms with van der Waals surface area (Å²) in [6.07, 6.45) is 1.18. The molecule has 5 N–H and O–H groups in total. The minimum Gasteiger partial charge on any atom is -0.369 e. The molecule has 0 saturated carbocycles. The number of hydrogen-bond donors (Lipinski definition) is 3. The smallest absolute Gasteiger partial charge is 0.200 e. The molecule has 1 aromatic heterocycles. The van der Waals surface area contributed by atoms with Crippen molar-refractivity contribution in [2.45, 2.75) is 20.1 Å². The lowest BCUT2D eigenvalue weighted by Crippen LogP contribution is -2.51. The Hall–Kier alpha value is -1.89. The van der Waals surface area contributed by atoms with Crippen LogP contribution in [0.1, 0.15) is 18.4 Å². The first-order valence-electron chi connectivity index (χ1n) is 5.08. The fourth-order valence-electron chi connectivity index (χ4n) is 1.55. The molecule has 1 aliphatic heterocycles. The number of guanidine groups is 1. The van der Waals surface area contributed by atoms with Gasteiger partial charge in [0.05, 0.1) is 6.20 Å². The topological polar surface area (TPSA) is 109 Å². The lowest BCUT2D eigenvalue weighted by atomic mass is 10.4. The molecule has 0 spiro atoms. The molecule has 1 aromatic rings. The van der Waals surface area contributed by atoms with Gasteiger partial charge in [-0.3, -0.25) is 5.73 Å². The number of rotatable bonds is 2. The molecule has 0 aliphatic carbocycles. The second-order valence-electron chi connectivity index (χ2n) is 3.50. The monoisotopic (exact) mass is 221 g/mol. The number of aliphatic imine (C=N–C) groups is 2. The number of nitrogens with zero attached hydrogens (tertiary/aromatic N) is 4. The average molecular weight is 221 g/mol. The molecule has 7 nitrogen and oxygen atoms in total. The van der Waals surface area contributed by atoms with Crippen molar-refractivity contribution in [2.75, 3.05) is 6.54 Å². The molecule has 1 aliphatic rings. The summed E-state index contributed by atoms with van der Waals surface area (Å²) < 4.78 is 0. The average Bonchev–Trinajstić information content (AvgIpc) is 2.64. The van der Waals surface area contributed by atoms with Crippen molar-refractivity contribution >= 4 is 11.8 Å². The molecule has 0 unspecified atom stereocenters. The highest BCUT2D eigenvalue weighted by Crippen LogP contribution is 2.08. The van der Waals surface area contributed by atoms with Crippen LogP contribution in [0.3, 0.4) is 0 Å². The van der Waals surface area contributed by atoms with Crippen LogP contribution < -0.4 is 11.5 Å². The van der Waals surface area contributed by atoms with Crippen LogP contribution in [0.2, 0.25) is 0 Å². The molecule has 0 amide bonds. The first-order chi connectivity index (χ1) is 7.61. The maximum Gasteiger partial charge on any atom is 0.200 e. The van der Waals surface area contributed by atoms with E-state index in [9.17, 15) is 0 Å². The predicted octanol–water partition coefficient (Wildman–Crippen LogP) is -0.643. The number of aromatic nitrogens is 2. The summed E-state index contributed by atoms with van der Waals surface area (Å²) in [6.45, 7) is 4.48. The standard InChI is InChI=1S/C9H15N7/c1-3-16-8(10)14-7(15-9(16)11)6-4-12-5(2)13-6/h4,8H,3,10H2,1-2H3,(H,12,13)(H2,11,14,15)/t8-/m1/s1. The molecule has 86 valence electrons. The van der Waals surface area contributed by atoms with E-state index in [0.29, 0.717) is 18.3 Å². The van der Waals surface area contributed by atoms with Crippen molar-refractivity contribution in [3.8, 4) is 0 Å². The van der Waals surface area contributed by atoms with Gasteiger partial charge in [-0.15, -0.1) is 0 Å². The van der Waals surface area contributed by atoms with Crippen molar-refractivity contribution < 1.29 is 0 Å². The van der Waals surface area contributed by atoms with Gasteiger partial charge in [0.1, 0.15) is 11.5 Å². The number of nitrogens with one attached hydrogen (secondary N) is 1. The first kappa shape index (κ1) is 10.6. The van der Waals surface area contributed by atoms with Gasteiger partial charge in [-0.05, 0) is 13.8 Å². The largest absolute Gasteiger partial charge is 0.369 e. The van der Waals surface area contributed by atoms with Crippen molar-refractivity contribution in [1.29, 1.82) is 0 Å². The van der Waals surface area contributed by atoms with Gasteiger partial charge in [-0.25, -0.2) is 9.98 Å². The summed E-state index contributed by atoms with van der Waals surface area (Å²) in [5.74, 6) is 1.68. The fourth-order valence-corrected chi connectivity index (χ4v) is 1.55. The normalized spacial score (nSPS) is 20.7. The van der Waals surface area contributed by atoms with Crippen molar-refractivity contribution in [2.24, 2.45) is 21.5 Å². The van der Waals surface area contributed by atoms with Crippen LogP contribution in [0.5, 0.6) is 0 Å². The van der Waals surface area contributed by atoms with Crippen molar-refractivity contribution in [3.05, 3.63) is 17.7 Å². The molecular weight excluding hydrogens is 206 g/mol. The molecule has 0 bridgehead atoms. The van der Waals surface area contributed by atoms with E-state index < -0.39 is 6.29 Å². The zero-order valence-corrected chi connectivity index (χ0v) is 9.31. The zero-order chi connectivity index (χ0) is 11.7. The van der Waals surface area contributed by atoms with E-state index in [1.807, 2.05) is 13.8 Å². The Balaban J connectivity index is 2.32. The molecule has 0 radical (unpaired) electrons. The lowest BCUT2D eigenvalue weighted by Gasteiger charge is -2.28. The molecule has 0 aromatic carbocycles. The van der Waals surface area contributed by atoms with E-state index >= 15 is 0 Å². The van der Waals surface area contributed by atoms with E-state index in [2.05, 4.69) is 20.0 Å². The van der Waals surface area contributed by atoms with Crippen LogP contribution in [-0.2, 0) is 0 Å². The summed E-state index contributed by atoms with van der Waals surface area (Å²) >= 11 is 0. The Kier molecular flexibility index (Phi) is 2.61. The minimum atomic E-state index is -0.485. The molecule has 0 saturated heterocycles. The SMILES string of the molecule is CCN1C(N)=NC(c2cnc(C)[nH]2)=N[C@H]1N. The number of nitrogens with two attached hydrogens (primary N) is 2. The number of aryl methyl sites for hydroxylation is 1. The zero-order valence-electron chi connectivity index (χ0n) is 9.31. The van der Waals surface area contributed by atoms with E-state index in [0.717, 1.165) is 11.5 Å².